The summed E-state index contributed by atoms with van der Waals surface area (Å²) < 4.78 is 0. The van der Waals surface area contributed by atoms with Crippen molar-refractivity contribution in [3.8, 4) is 0 Å². The summed E-state index contributed by atoms with van der Waals surface area (Å²) in [7, 11) is 0. The Morgan fingerprint density at radius 1 is 1.37 bits per heavy atom. The first kappa shape index (κ1) is 12.3. The van der Waals surface area contributed by atoms with Gasteiger partial charge in [0.2, 0.25) is 0 Å². The highest BCUT2D eigenvalue weighted by molar-refractivity contribution is 5.98. The summed E-state index contributed by atoms with van der Waals surface area (Å²) in [6.45, 7) is 3.05. The van der Waals surface area contributed by atoms with Crippen LogP contribution < -0.4 is 0 Å². The van der Waals surface area contributed by atoms with Crippen LogP contribution in [0.25, 0.3) is 10.9 Å². The van der Waals surface area contributed by atoms with Crippen LogP contribution in [0.1, 0.15) is 43.1 Å². The van der Waals surface area contributed by atoms with Crippen LogP contribution in [-0.4, -0.2) is 28.4 Å². The maximum absolute atomic E-state index is 12.6. The smallest absolute Gasteiger partial charge is 0.270 e. The molecular weight excluding hydrogens is 236 g/mol. The van der Waals surface area contributed by atoms with Crippen molar-refractivity contribution in [1.29, 1.82) is 0 Å². The number of nitrogens with zero attached hydrogens (tertiary/aromatic N) is 1. The summed E-state index contributed by atoms with van der Waals surface area (Å²) in [5.74, 6) is 0.159. The molecular formula is C16H20N2O. The minimum atomic E-state index is 0.159. The number of nitrogens with one attached hydrogen (secondary N) is 1. The van der Waals surface area contributed by atoms with E-state index in [1.807, 2.05) is 35.2 Å². The van der Waals surface area contributed by atoms with Crippen molar-refractivity contribution in [1.82, 2.24) is 9.88 Å². The van der Waals surface area contributed by atoms with Crippen molar-refractivity contribution in [2.24, 2.45) is 0 Å². The van der Waals surface area contributed by atoms with Gasteiger partial charge in [-0.15, -0.1) is 0 Å². The number of unbranched alkanes of at least 4 members (excludes halogenated alkanes) is 1. The Bertz CT molecular complexity index is 550. The summed E-state index contributed by atoms with van der Waals surface area (Å²) in [5, 5.41) is 1.11. The molecule has 1 aliphatic carbocycles. The fraction of sp³-hybridized carbons (Fsp3) is 0.438. The molecule has 0 saturated heterocycles. The predicted molar refractivity (Wildman–Crippen MR) is 77.3 cm³/mol. The average molecular weight is 256 g/mol. The molecule has 0 spiro atoms. The molecule has 100 valence electrons. The summed E-state index contributed by atoms with van der Waals surface area (Å²) in [4.78, 5) is 17.9. The van der Waals surface area contributed by atoms with Crippen LogP contribution in [0, 0.1) is 0 Å². The van der Waals surface area contributed by atoms with Gasteiger partial charge in [0.15, 0.2) is 0 Å². The van der Waals surface area contributed by atoms with Gasteiger partial charge >= 0.3 is 0 Å². The molecule has 1 saturated carbocycles. The number of carbonyl (C=O) groups excluding carboxylic acids is 1. The van der Waals surface area contributed by atoms with Gasteiger partial charge in [-0.05, 0) is 31.4 Å². The van der Waals surface area contributed by atoms with E-state index in [-0.39, 0.29) is 5.91 Å². The van der Waals surface area contributed by atoms with Gasteiger partial charge in [-0.3, -0.25) is 4.79 Å². The summed E-state index contributed by atoms with van der Waals surface area (Å²) in [6, 6.07) is 10.5. The van der Waals surface area contributed by atoms with E-state index in [2.05, 4.69) is 11.9 Å². The summed E-state index contributed by atoms with van der Waals surface area (Å²) in [5.41, 5.74) is 1.77. The number of H-pyrrole nitrogens is 1. The Hall–Kier alpha value is -1.77. The number of para-hydroxylation sites is 1. The van der Waals surface area contributed by atoms with Gasteiger partial charge in [-0.1, -0.05) is 31.5 Å². The maximum atomic E-state index is 12.6. The fourth-order valence-electron chi connectivity index (χ4n) is 2.51. The average Bonchev–Trinajstić information content (AvgIpc) is 3.17. The van der Waals surface area contributed by atoms with Crippen LogP contribution in [0.3, 0.4) is 0 Å². The number of aromatic nitrogens is 1. The van der Waals surface area contributed by atoms with Crippen LogP contribution in [0.4, 0.5) is 0 Å². The minimum absolute atomic E-state index is 0.159. The Balaban J connectivity index is 1.84. The molecule has 3 nitrogen and oxygen atoms in total. The van der Waals surface area contributed by atoms with E-state index in [1.54, 1.807) is 0 Å². The van der Waals surface area contributed by atoms with Crippen molar-refractivity contribution in [3.63, 3.8) is 0 Å². The molecule has 1 aromatic carbocycles. The molecule has 0 bridgehead atoms. The normalized spacial score (nSPS) is 14.8. The van der Waals surface area contributed by atoms with Gasteiger partial charge in [-0.2, -0.15) is 0 Å². The molecule has 3 rings (SSSR count). The van der Waals surface area contributed by atoms with E-state index in [9.17, 15) is 4.79 Å². The fourth-order valence-corrected chi connectivity index (χ4v) is 2.51. The molecule has 0 aliphatic heterocycles. The number of hydrogen-bond acceptors (Lipinski definition) is 1. The topological polar surface area (TPSA) is 36.1 Å². The lowest BCUT2D eigenvalue weighted by Crippen LogP contribution is -2.34. The van der Waals surface area contributed by atoms with Crippen LogP contribution in [0.5, 0.6) is 0 Å². The van der Waals surface area contributed by atoms with E-state index in [0.29, 0.717) is 6.04 Å². The lowest BCUT2D eigenvalue weighted by atomic mass is 10.2. The van der Waals surface area contributed by atoms with Crippen molar-refractivity contribution in [2.45, 2.75) is 38.6 Å². The van der Waals surface area contributed by atoms with Crippen molar-refractivity contribution < 1.29 is 4.79 Å². The SMILES string of the molecule is CCCCN(C(=O)c1cc2ccccc2[nH]1)C1CC1. The lowest BCUT2D eigenvalue weighted by Gasteiger charge is -2.21. The number of aromatic amines is 1. The third kappa shape index (κ3) is 2.50. The van der Waals surface area contributed by atoms with Crippen molar-refractivity contribution >= 4 is 16.8 Å². The Morgan fingerprint density at radius 3 is 2.84 bits per heavy atom. The molecule has 1 N–H and O–H groups in total. The van der Waals surface area contributed by atoms with E-state index in [0.717, 1.165) is 48.8 Å². The second kappa shape index (κ2) is 5.08. The number of fused-ring (bicyclic) bond motifs is 1. The van der Waals surface area contributed by atoms with E-state index in [1.165, 1.54) is 0 Å². The first-order valence-electron chi connectivity index (χ1n) is 7.18. The molecule has 0 atom stereocenters. The predicted octanol–water partition coefficient (Wildman–Crippen LogP) is 3.57. The zero-order chi connectivity index (χ0) is 13.2. The quantitative estimate of drug-likeness (QED) is 0.872. The van der Waals surface area contributed by atoms with E-state index in [4.69, 9.17) is 0 Å². The van der Waals surface area contributed by atoms with Crippen LogP contribution in [-0.2, 0) is 0 Å². The third-order valence-electron chi connectivity index (χ3n) is 3.76. The number of hydrogen-bond donors (Lipinski definition) is 1. The largest absolute Gasteiger partial charge is 0.351 e. The van der Waals surface area contributed by atoms with Gasteiger partial charge in [-0.25, -0.2) is 0 Å². The summed E-state index contributed by atoms with van der Waals surface area (Å²) in [6.07, 6.45) is 4.54. The highest BCUT2D eigenvalue weighted by Gasteiger charge is 2.33. The van der Waals surface area contributed by atoms with E-state index >= 15 is 0 Å². The van der Waals surface area contributed by atoms with Crippen LogP contribution >= 0.6 is 0 Å². The molecule has 3 heteroatoms. The standard InChI is InChI=1S/C16H20N2O/c1-2-3-10-18(13-8-9-13)16(19)15-11-12-6-4-5-7-14(12)17-15/h4-7,11,13,17H,2-3,8-10H2,1H3. The second-order valence-corrected chi connectivity index (χ2v) is 5.35. The molecule has 0 radical (unpaired) electrons. The second-order valence-electron chi connectivity index (χ2n) is 5.35. The first-order chi connectivity index (χ1) is 9.29. The van der Waals surface area contributed by atoms with Gasteiger partial charge in [0.05, 0.1) is 0 Å². The van der Waals surface area contributed by atoms with Crippen molar-refractivity contribution in [3.05, 3.63) is 36.0 Å². The van der Waals surface area contributed by atoms with Crippen LogP contribution in [0.15, 0.2) is 30.3 Å². The highest BCUT2D eigenvalue weighted by Crippen LogP contribution is 2.29. The minimum Gasteiger partial charge on any atom is -0.351 e. The zero-order valence-corrected chi connectivity index (χ0v) is 11.4. The Kier molecular flexibility index (Phi) is 3.28. The Labute approximate surface area is 113 Å². The molecule has 1 heterocycles. The maximum Gasteiger partial charge on any atom is 0.270 e. The molecule has 1 fully saturated rings. The van der Waals surface area contributed by atoms with Crippen molar-refractivity contribution in [2.75, 3.05) is 6.54 Å². The highest BCUT2D eigenvalue weighted by atomic mass is 16.2. The number of rotatable bonds is 5. The first-order valence-corrected chi connectivity index (χ1v) is 7.18. The Morgan fingerprint density at radius 2 is 2.16 bits per heavy atom. The number of amides is 1. The molecule has 1 aliphatic rings. The van der Waals surface area contributed by atoms with E-state index < -0.39 is 0 Å². The lowest BCUT2D eigenvalue weighted by molar-refractivity contribution is 0.0736. The zero-order valence-electron chi connectivity index (χ0n) is 11.4. The molecule has 2 aromatic rings. The third-order valence-corrected chi connectivity index (χ3v) is 3.76. The number of benzene rings is 1. The molecule has 19 heavy (non-hydrogen) atoms. The van der Waals surface area contributed by atoms with Gasteiger partial charge in [0.25, 0.3) is 5.91 Å². The van der Waals surface area contributed by atoms with Crippen LogP contribution in [0.2, 0.25) is 0 Å². The number of carbonyl (C=O) groups is 1. The summed E-state index contributed by atoms with van der Waals surface area (Å²) >= 11 is 0. The molecule has 1 aromatic heterocycles. The monoisotopic (exact) mass is 256 g/mol. The van der Waals surface area contributed by atoms with Gasteiger partial charge in [0, 0.05) is 23.5 Å². The molecule has 0 unspecified atom stereocenters. The molecule has 1 amide bonds. The van der Waals surface area contributed by atoms with Gasteiger partial charge < -0.3 is 9.88 Å². The van der Waals surface area contributed by atoms with Gasteiger partial charge in [0.1, 0.15) is 5.69 Å².